The third-order valence-electron chi connectivity index (χ3n) is 2.95. The Balaban J connectivity index is 2.80. The number of benzene rings is 1. The van der Waals surface area contributed by atoms with Crippen LogP contribution < -0.4 is 0 Å². The van der Waals surface area contributed by atoms with Crippen molar-refractivity contribution in [3.63, 3.8) is 0 Å². The lowest BCUT2D eigenvalue weighted by atomic mass is 10.1. The van der Waals surface area contributed by atoms with E-state index >= 15 is 0 Å². The maximum Gasteiger partial charge on any atom is 0.416 e. The Labute approximate surface area is 106 Å². The summed E-state index contributed by atoms with van der Waals surface area (Å²) in [6.45, 7) is 7.43. The van der Waals surface area contributed by atoms with E-state index in [1.807, 2.05) is 26.8 Å². The van der Waals surface area contributed by atoms with Crippen molar-refractivity contribution in [2.45, 2.75) is 33.5 Å². The molecule has 0 radical (unpaired) electrons. The van der Waals surface area contributed by atoms with Gasteiger partial charge in [0.05, 0.1) is 5.56 Å². The molecular formula is C14H18F3N. The van der Waals surface area contributed by atoms with Gasteiger partial charge in [-0.25, -0.2) is 0 Å². The molecule has 0 aliphatic carbocycles. The molecule has 0 saturated carbocycles. The van der Waals surface area contributed by atoms with Gasteiger partial charge >= 0.3 is 6.18 Å². The highest BCUT2D eigenvalue weighted by Crippen LogP contribution is 2.29. The minimum absolute atomic E-state index is 0.600. The number of rotatable bonds is 4. The van der Waals surface area contributed by atoms with Gasteiger partial charge in [-0.3, -0.25) is 0 Å². The number of nitrogens with zero attached hydrogens (tertiary/aromatic N) is 1. The van der Waals surface area contributed by atoms with Gasteiger partial charge in [-0.1, -0.05) is 18.2 Å². The first-order chi connectivity index (χ1) is 8.38. The van der Waals surface area contributed by atoms with Gasteiger partial charge in [-0.2, -0.15) is 13.2 Å². The molecule has 0 fully saturated rings. The Hall–Kier alpha value is -1.45. The fourth-order valence-corrected chi connectivity index (χ4v) is 1.69. The van der Waals surface area contributed by atoms with Crippen LogP contribution in [0.2, 0.25) is 0 Å². The summed E-state index contributed by atoms with van der Waals surface area (Å²) in [6.07, 6.45) is -2.27. The Morgan fingerprint density at radius 3 is 2.17 bits per heavy atom. The van der Waals surface area contributed by atoms with Gasteiger partial charge in [0, 0.05) is 18.8 Å². The molecule has 1 aromatic rings. The molecule has 0 N–H and O–H groups in total. The minimum atomic E-state index is -4.26. The Kier molecular flexibility index (Phi) is 4.82. The maximum absolute atomic E-state index is 12.4. The summed E-state index contributed by atoms with van der Waals surface area (Å²) in [5.41, 5.74) is 1.40. The first-order valence-corrected chi connectivity index (χ1v) is 5.92. The third-order valence-corrected chi connectivity index (χ3v) is 2.95. The number of hydrogen-bond acceptors (Lipinski definition) is 1. The Morgan fingerprint density at radius 2 is 1.78 bits per heavy atom. The van der Waals surface area contributed by atoms with E-state index in [1.165, 1.54) is 12.1 Å². The second-order valence-corrected chi connectivity index (χ2v) is 4.14. The second-order valence-electron chi connectivity index (χ2n) is 4.14. The van der Waals surface area contributed by atoms with Crippen molar-refractivity contribution in [3.8, 4) is 0 Å². The Bertz CT molecular complexity index is 404. The van der Waals surface area contributed by atoms with Crippen molar-refractivity contribution in [2.24, 2.45) is 0 Å². The Morgan fingerprint density at radius 1 is 1.22 bits per heavy atom. The molecule has 0 atom stereocenters. The normalized spacial score (nSPS) is 12.7. The van der Waals surface area contributed by atoms with Crippen LogP contribution in [-0.4, -0.2) is 11.4 Å². The van der Waals surface area contributed by atoms with E-state index in [0.29, 0.717) is 6.54 Å². The van der Waals surface area contributed by atoms with E-state index in [9.17, 15) is 13.2 Å². The topological polar surface area (TPSA) is 3.24 Å². The van der Waals surface area contributed by atoms with Crippen molar-refractivity contribution >= 4 is 0 Å². The van der Waals surface area contributed by atoms with Gasteiger partial charge in [-0.15, -0.1) is 0 Å². The molecule has 0 unspecified atom stereocenters. The van der Waals surface area contributed by atoms with E-state index < -0.39 is 11.7 Å². The lowest BCUT2D eigenvalue weighted by Crippen LogP contribution is -2.20. The zero-order valence-electron chi connectivity index (χ0n) is 10.9. The van der Waals surface area contributed by atoms with Gasteiger partial charge in [0.25, 0.3) is 0 Å². The maximum atomic E-state index is 12.4. The largest absolute Gasteiger partial charge is 0.416 e. The average molecular weight is 257 g/mol. The zero-order chi connectivity index (χ0) is 13.8. The molecule has 0 amide bonds. The number of allylic oxidation sites excluding steroid dienone is 2. The van der Waals surface area contributed by atoms with E-state index in [4.69, 9.17) is 0 Å². The molecule has 0 aromatic heterocycles. The van der Waals surface area contributed by atoms with Crippen LogP contribution in [0, 0.1) is 0 Å². The van der Waals surface area contributed by atoms with Gasteiger partial charge in [0.2, 0.25) is 0 Å². The van der Waals surface area contributed by atoms with Crippen LogP contribution in [0.25, 0.3) is 0 Å². The molecule has 1 aromatic carbocycles. The lowest BCUT2D eigenvalue weighted by Gasteiger charge is -2.23. The standard InChI is InChI=1S/C14H18F3N/c1-4-11(3)18(5-2)10-12-6-8-13(9-7-12)14(15,16)17/h4,6-9H,5,10H2,1-3H3/b11-4+. The highest BCUT2D eigenvalue weighted by Gasteiger charge is 2.29. The van der Waals surface area contributed by atoms with E-state index in [-0.39, 0.29) is 0 Å². The predicted molar refractivity (Wildman–Crippen MR) is 67.0 cm³/mol. The molecule has 1 rings (SSSR count). The van der Waals surface area contributed by atoms with Crippen LogP contribution >= 0.6 is 0 Å². The molecule has 100 valence electrons. The fraction of sp³-hybridized carbons (Fsp3) is 0.429. The smallest absolute Gasteiger partial charge is 0.371 e. The first kappa shape index (κ1) is 14.6. The van der Waals surface area contributed by atoms with Crippen LogP contribution in [0.3, 0.4) is 0 Å². The van der Waals surface area contributed by atoms with E-state index in [1.54, 1.807) is 0 Å². The summed E-state index contributed by atoms with van der Waals surface area (Å²) < 4.78 is 37.2. The first-order valence-electron chi connectivity index (χ1n) is 5.92. The van der Waals surface area contributed by atoms with Crippen molar-refractivity contribution in [1.29, 1.82) is 0 Å². The number of alkyl halides is 3. The van der Waals surface area contributed by atoms with Gasteiger partial charge in [-0.05, 0) is 38.5 Å². The van der Waals surface area contributed by atoms with E-state index in [0.717, 1.165) is 29.9 Å². The molecule has 0 bridgehead atoms. The minimum Gasteiger partial charge on any atom is -0.371 e. The molecule has 1 nitrogen and oxygen atoms in total. The van der Waals surface area contributed by atoms with Crippen molar-refractivity contribution in [1.82, 2.24) is 4.90 Å². The average Bonchev–Trinajstić information content (AvgIpc) is 2.34. The summed E-state index contributed by atoms with van der Waals surface area (Å²) in [5, 5.41) is 0. The molecular weight excluding hydrogens is 239 g/mol. The summed E-state index contributed by atoms with van der Waals surface area (Å²) >= 11 is 0. The molecule has 4 heteroatoms. The molecule has 0 aliphatic heterocycles. The SMILES string of the molecule is C/C=C(\C)N(CC)Cc1ccc(C(F)(F)F)cc1. The fourth-order valence-electron chi connectivity index (χ4n) is 1.69. The van der Waals surface area contributed by atoms with Crippen LogP contribution in [0.15, 0.2) is 36.0 Å². The van der Waals surface area contributed by atoms with Crippen LogP contribution in [-0.2, 0) is 12.7 Å². The van der Waals surface area contributed by atoms with Gasteiger partial charge in [0.1, 0.15) is 0 Å². The monoisotopic (exact) mass is 257 g/mol. The molecule has 18 heavy (non-hydrogen) atoms. The van der Waals surface area contributed by atoms with Gasteiger partial charge in [0.15, 0.2) is 0 Å². The van der Waals surface area contributed by atoms with Crippen molar-refractivity contribution < 1.29 is 13.2 Å². The van der Waals surface area contributed by atoms with Crippen LogP contribution in [0.4, 0.5) is 13.2 Å². The van der Waals surface area contributed by atoms with E-state index in [2.05, 4.69) is 4.90 Å². The summed E-state index contributed by atoms with van der Waals surface area (Å²) in [4.78, 5) is 2.11. The third kappa shape index (κ3) is 3.79. The highest BCUT2D eigenvalue weighted by atomic mass is 19.4. The van der Waals surface area contributed by atoms with Crippen LogP contribution in [0.1, 0.15) is 31.9 Å². The lowest BCUT2D eigenvalue weighted by molar-refractivity contribution is -0.137. The summed E-state index contributed by atoms with van der Waals surface area (Å²) in [5.74, 6) is 0. The zero-order valence-corrected chi connectivity index (χ0v) is 10.9. The number of halogens is 3. The number of hydrogen-bond donors (Lipinski definition) is 0. The highest BCUT2D eigenvalue weighted by molar-refractivity contribution is 5.25. The molecule has 0 saturated heterocycles. The van der Waals surface area contributed by atoms with Crippen molar-refractivity contribution in [2.75, 3.05) is 6.54 Å². The van der Waals surface area contributed by atoms with Gasteiger partial charge < -0.3 is 4.90 Å². The molecule has 0 aliphatic rings. The quantitative estimate of drug-likeness (QED) is 0.770. The predicted octanol–water partition coefficient (Wildman–Crippen LogP) is 4.45. The van der Waals surface area contributed by atoms with Crippen LogP contribution in [0.5, 0.6) is 0 Å². The summed E-state index contributed by atoms with van der Waals surface area (Å²) in [6, 6.07) is 5.34. The molecule has 0 heterocycles. The van der Waals surface area contributed by atoms with Crippen molar-refractivity contribution in [3.05, 3.63) is 47.2 Å². The second kappa shape index (κ2) is 5.94. The summed E-state index contributed by atoms with van der Waals surface area (Å²) in [7, 11) is 0. The molecule has 0 spiro atoms.